The minimum Gasteiger partial charge on any atom is -0.469 e. The second kappa shape index (κ2) is 10.2. The Morgan fingerprint density at radius 3 is 2.79 bits per heavy atom. The van der Waals surface area contributed by atoms with Crippen molar-refractivity contribution in [3.05, 3.63) is 23.8 Å². The van der Waals surface area contributed by atoms with E-state index in [0.29, 0.717) is 19.0 Å². The summed E-state index contributed by atoms with van der Waals surface area (Å²) in [6.07, 6.45) is 0.823. The van der Waals surface area contributed by atoms with Crippen LogP contribution in [-0.4, -0.2) is 46.0 Å². The predicted molar refractivity (Wildman–Crippen MR) is 102 cm³/mol. The Morgan fingerprint density at radius 1 is 1.33 bits per heavy atom. The van der Waals surface area contributed by atoms with Crippen LogP contribution in [-0.2, 0) is 16.0 Å². The lowest BCUT2D eigenvalue weighted by Crippen LogP contribution is -2.41. The topological polar surface area (TPSA) is 81.2 Å². The number of esters is 1. The summed E-state index contributed by atoms with van der Waals surface area (Å²) >= 11 is 0. The highest BCUT2D eigenvalue weighted by Gasteiger charge is 2.14. The molecule has 7 nitrogen and oxygen atoms in total. The van der Waals surface area contributed by atoms with Gasteiger partial charge in [0.1, 0.15) is 0 Å². The second-order valence-electron chi connectivity index (χ2n) is 5.24. The number of carbonyl (C=O) groups excluding carboxylic acids is 1. The predicted octanol–water partition coefficient (Wildman–Crippen LogP) is 1.55. The molecule has 0 saturated carbocycles. The fourth-order valence-corrected chi connectivity index (χ4v) is 2.18. The summed E-state index contributed by atoms with van der Waals surface area (Å²) in [5, 5.41) is 6.32. The van der Waals surface area contributed by atoms with E-state index in [1.165, 1.54) is 7.11 Å². The van der Waals surface area contributed by atoms with Gasteiger partial charge in [-0.05, 0) is 24.1 Å². The van der Waals surface area contributed by atoms with Crippen LogP contribution >= 0.6 is 24.0 Å². The lowest BCUT2D eigenvalue weighted by Gasteiger charge is -2.14. The van der Waals surface area contributed by atoms with Crippen molar-refractivity contribution in [1.82, 2.24) is 10.6 Å². The van der Waals surface area contributed by atoms with Crippen molar-refractivity contribution in [3.8, 4) is 11.5 Å². The number of methoxy groups -OCH3 is 1. The lowest BCUT2D eigenvalue weighted by atomic mass is 10.1. The van der Waals surface area contributed by atoms with E-state index in [0.717, 1.165) is 23.5 Å². The molecule has 0 saturated heterocycles. The van der Waals surface area contributed by atoms with Gasteiger partial charge in [0.15, 0.2) is 17.5 Å². The van der Waals surface area contributed by atoms with Crippen molar-refractivity contribution in [2.45, 2.75) is 13.3 Å². The Labute approximate surface area is 159 Å². The summed E-state index contributed by atoms with van der Waals surface area (Å²) < 4.78 is 15.3. The van der Waals surface area contributed by atoms with Crippen molar-refractivity contribution in [2.24, 2.45) is 10.9 Å². The number of carbonyl (C=O) groups is 1. The van der Waals surface area contributed by atoms with Crippen molar-refractivity contribution in [3.63, 3.8) is 0 Å². The molecule has 1 aliphatic heterocycles. The first kappa shape index (κ1) is 20.3. The van der Waals surface area contributed by atoms with E-state index in [9.17, 15) is 4.79 Å². The van der Waals surface area contributed by atoms with Crippen LogP contribution in [0.4, 0.5) is 0 Å². The van der Waals surface area contributed by atoms with Gasteiger partial charge in [-0.15, -0.1) is 24.0 Å². The third-order valence-corrected chi connectivity index (χ3v) is 3.55. The SMILES string of the molecule is CN=C(NCCc1ccc2c(c1)OCO2)NCC(C)C(=O)OC.I. The molecule has 1 aliphatic rings. The molecular formula is C16H24IN3O4. The number of fused-ring (bicyclic) bond motifs is 1. The average Bonchev–Trinajstić information content (AvgIpc) is 3.04. The van der Waals surface area contributed by atoms with Gasteiger partial charge in [0.05, 0.1) is 13.0 Å². The quantitative estimate of drug-likeness (QED) is 0.297. The van der Waals surface area contributed by atoms with Gasteiger partial charge in [0, 0.05) is 20.1 Å². The number of benzene rings is 1. The fourth-order valence-electron chi connectivity index (χ4n) is 2.18. The Hall–Kier alpha value is -1.71. The summed E-state index contributed by atoms with van der Waals surface area (Å²) in [5.74, 6) is 1.76. The van der Waals surface area contributed by atoms with Crippen LogP contribution in [0.15, 0.2) is 23.2 Å². The summed E-state index contributed by atoms with van der Waals surface area (Å²) in [7, 11) is 3.08. The first-order valence-electron chi connectivity index (χ1n) is 7.55. The number of aliphatic imine (C=N–C) groups is 1. The van der Waals surface area contributed by atoms with E-state index >= 15 is 0 Å². The molecular weight excluding hydrogens is 425 g/mol. The smallest absolute Gasteiger partial charge is 0.310 e. The maximum Gasteiger partial charge on any atom is 0.310 e. The molecule has 24 heavy (non-hydrogen) atoms. The van der Waals surface area contributed by atoms with E-state index in [1.54, 1.807) is 14.0 Å². The minimum atomic E-state index is -0.242. The molecule has 0 spiro atoms. The van der Waals surface area contributed by atoms with Crippen molar-refractivity contribution >= 4 is 35.9 Å². The van der Waals surface area contributed by atoms with Gasteiger partial charge in [-0.25, -0.2) is 0 Å². The van der Waals surface area contributed by atoms with Gasteiger partial charge < -0.3 is 24.8 Å². The Bertz CT molecular complexity index is 580. The zero-order valence-electron chi connectivity index (χ0n) is 14.1. The van der Waals surface area contributed by atoms with Gasteiger partial charge in [-0.1, -0.05) is 13.0 Å². The second-order valence-corrected chi connectivity index (χ2v) is 5.24. The summed E-state index contributed by atoms with van der Waals surface area (Å²) in [5.41, 5.74) is 1.15. The Balaban J connectivity index is 0.00000288. The number of nitrogens with zero attached hydrogens (tertiary/aromatic N) is 1. The fraction of sp³-hybridized carbons (Fsp3) is 0.500. The number of nitrogens with one attached hydrogen (secondary N) is 2. The van der Waals surface area contributed by atoms with E-state index in [2.05, 4.69) is 15.6 Å². The standard InChI is InChI=1S/C16H23N3O4.HI/c1-11(15(20)21-3)9-19-16(17-2)18-7-6-12-4-5-13-14(8-12)23-10-22-13;/h4-5,8,11H,6-7,9-10H2,1-3H3,(H2,17,18,19);1H. The zero-order valence-corrected chi connectivity index (χ0v) is 16.5. The van der Waals surface area contributed by atoms with Gasteiger partial charge in [0.25, 0.3) is 0 Å². The monoisotopic (exact) mass is 449 g/mol. The molecule has 0 aromatic heterocycles. The van der Waals surface area contributed by atoms with Crippen LogP contribution < -0.4 is 20.1 Å². The third-order valence-electron chi connectivity index (χ3n) is 3.55. The van der Waals surface area contributed by atoms with Crippen LogP contribution in [0.5, 0.6) is 11.5 Å². The first-order valence-corrected chi connectivity index (χ1v) is 7.55. The van der Waals surface area contributed by atoms with Crippen molar-refractivity contribution < 1.29 is 19.0 Å². The number of rotatable bonds is 6. The van der Waals surface area contributed by atoms with Crippen molar-refractivity contribution in [2.75, 3.05) is 34.0 Å². The number of halogens is 1. The summed E-state index contributed by atoms with van der Waals surface area (Å²) in [6.45, 7) is 3.27. The molecule has 2 N–H and O–H groups in total. The maximum absolute atomic E-state index is 11.4. The molecule has 0 fully saturated rings. The number of ether oxygens (including phenoxy) is 3. The van der Waals surface area contributed by atoms with E-state index in [4.69, 9.17) is 14.2 Å². The molecule has 0 bridgehead atoms. The Morgan fingerprint density at radius 2 is 2.08 bits per heavy atom. The van der Waals surface area contributed by atoms with E-state index in [-0.39, 0.29) is 42.7 Å². The molecule has 8 heteroatoms. The molecule has 1 heterocycles. The van der Waals surface area contributed by atoms with Crippen LogP contribution in [0.3, 0.4) is 0 Å². The number of guanidine groups is 1. The number of hydrogen-bond acceptors (Lipinski definition) is 5. The maximum atomic E-state index is 11.4. The lowest BCUT2D eigenvalue weighted by molar-refractivity contribution is -0.144. The van der Waals surface area contributed by atoms with Crippen LogP contribution in [0, 0.1) is 5.92 Å². The molecule has 0 radical (unpaired) electrons. The normalized spacial score (nSPS) is 13.7. The molecule has 2 rings (SSSR count). The van der Waals surface area contributed by atoms with Gasteiger partial charge >= 0.3 is 5.97 Å². The molecule has 1 aromatic carbocycles. The minimum absolute atomic E-state index is 0. The average molecular weight is 449 g/mol. The highest BCUT2D eigenvalue weighted by atomic mass is 127. The van der Waals surface area contributed by atoms with E-state index < -0.39 is 0 Å². The molecule has 0 aliphatic carbocycles. The van der Waals surface area contributed by atoms with Crippen LogP contribution in [0.2, 0.25) is 0 Å². The van der Waals surface area contributed by atoms with Gasteiger partial charge in [-0.2, -0.15) is 0 Å². The first-order chi connectivity index (χ1) is 11.1. The summed E-state index contributed by atoms with van der Waals surface area (Å²) in [6, 6.07) is 5.92. The van der Waals surface area contributed by atoms with Crippen LogP contribution in [0.1, 0.15) is 12.5 Å². The molecule has 134 valence electrons. The molecule has 0 amide bonds. The third kappa shape index (κ3) is 5.73. The highest BCUT2D eigenvalue weighted by Crippen LogP contribution is 2.32. The molecule has 1 unspecified atom stereocenters. The molecule has 1 atom stereocenters. The van der Waals surface area contributed by atoms with Gasteiger partial charge in [0.2, 0.25) is 6.79 Å². The largest absolute Gasteiger partial charge is 0.469 e. The zero-order chi connectivity index (χ0) is 16.7. The van der Waals surface area contributed by atoms with Crippen molar-refractivity contribution in [1.29, 1.82) is 0 Å². The number of hydrogen-bond donors (Lipinski definition) is 2. The highest BCUT2D eigenvalue weighted by molar-refractivity contribution is 14.0. The van der Waals surface area contributed by atoms with Gasteiger partial charge in [-0.3, -0.25) is 9.79 Å². The van der Waals surface area contributed by atoms with E-state index in [1.807, 2.05) is 18.2 Å². The molecule has 1 aromatic rings. The van der Waals surface area contributed by atoms with Crippen LogP contribution in [0.25, 0.3) is 0 Å². The summed E-state index contributed by atoms with van der Waals surface area (Å²) in [4.78, 5) is 15.5. The Kier molecular flexibility index (Phi) is 8.66.